The van der Waals surface area contributed by atoms with Crippen LogP contribution in [0.5, 0.6) is 0 Å². The van der Waals surface area contributed by atoms with E-state index in [9.17, 15) is 4.79 Å². The molecule has 0 radical (unpaired) electrons. The van der Waals surface area contributed by atoms with Gasteiger partial charge in [-0.05, 0) is 18.6 Å². The summed E-state index contributed by atoms with van der Waals surface area (Å²) in [4.78, 5) is 22.6. The molecule has 0 spiro atoms. The van der Waals surface area contributed by atoms with Gasteiger partial charge in [0.2, 0.25) is 0 Å². The number of aromatic nitrogens is 1. The molecule has 1 atom stereocenters. The number of carbonyl (C=O) groups excluding carboxylic acids is 1. The highest BCUT2D eigenvalue weighted by Gasteiger charge is 2.19. The third kappa shape index (κ3) is 1.55. The summed E-state index contributed by atoms with van der Waals surface area (Å²) in [6, 6.07) is 3.19. The lowest BCUT2D eigenvalue weighted by atomic mass is 10.1. The van der Waals surface area contributed by atoms with Crippen LogP contribution in [0.15, 0.2) is 22.1 Å². The van der Waals surface area contributed by atoms with Gasteiger partial charge in [0.15, 0.2) is 5.49 Å². The molecule has 0 aliphatic carbocycles. The van der Waals surface area contributed by atoms with E-state index >= 15 is 0 Å². The second-order valence-corrected chi connectivity index (χ2v) is 3.64. The van der Waals surface area contributed by atoms with Gasteiger partial charge in [0.1, 0.15) is 5.36 Å². The number of urea groups is 1. The minimum atomic E-state index is -0.463. The quantitative estimate of drug-likeness (QED) is 0.667. The average molecular weight is 203 g/mol. The summed E-state index contributed by atoms with van der Waals surface area (Å²) in [5.74, 6) is 0. The fourth-order valence-electron chi connectivity index (χ4n) is 1.66. The van der Waals surface area contributed by atoms with E-state index in [1.807, 2.05) is 6.07 Å². The maximum atomic E-state index is 10.9. The molecule has 0 bridgehead atoms. The van der Waals surface area contributed by atoms with Crippen LogP contribution in [0.2, 0.25) is 0 Å². The van der Waals surface area contributed by atoms with E-state index in [-0.39, 0.29) is 6.10 Å². The van der Waals surface area contributed by atoms with Gasteiger partial charge in [-0.2, -0.15) is 9.98 Å². The highest BCUT2D eigenvalue weighted by atomic mass is 16.5. The Hall–Kier alpha value is -1.62. The zero-order chi connectivity index (χ0) is 10.3. The Bertz CT molecular complexity index is 534. The predicted octanol–water partition coefficient (Wildman–Crippen LogP) is -0.214. The molecule has 1 aromatic rings. The molecule has 2 amide bonds. The Morgan fingerprint density at radius 2 is 2.27 bits per heavy atom. The fraction of sp³-hybridized carbons (Fsp3) is 0.400. The molecule has 2 aliphatic rings. The standard InChI is InChI=1S/C10H9N3O2/c14-10-12-8-2-1-6(11-9(8)13-10)5-7-3-4-15-7/h1-2,7H,3-5H2. The van der Waals surface area contributed by atoms with Crippen LogP contribution in [0.4, 0.5) is 4.79 Å². The molecule has 2 aliphatic heterocycles. The highest BCUT2D eigenvalue weighted by Crippen LogP contribution is 2.14. The summed E-state index contributed by atoms with van der Waals surface area (Å²) < 4.78 is 5.31. The molecule has 3 heterocycles. The van der Waals surface area contributed by atoms with Crippen LogP contribution in [0.25, 0.3) is 0 Å². The monoisotopic (exact) mass is 203 g/mol. The SMILES string of the molecule is O=C1N=c2ccc(CC3CCO3)nc2=N1. The van der Waals surface area contributed by atoms with E-state index in [0.29, 0.717) is 10.8 Å². The molecule has 1 aromatic heterocycles. The summed E-state index contributed by atoms with van der Waals surface area (Å²) >= 11 is 0. The third-order valence-electron chi connectivity index (χ3n) is 2.56. The van der Waals surface area contributed by atoms with E-state index in [4.69, 9.17) is 4.74 Å². The third-order valence-corrected chi connectivity index (χ3v) is 2.56. The van der Waals surface area contributed by atoms with Crippen molar-refractivity contribution in [1.29, 1.82) is 0 Å². The smallest absolute Gasteiger partial charge is 0.369 e. The summed E-state index contributed by atoms with van der Waals surface area (Å²) in [6.07, 6.45) is 2.15. The van der Waals surface area contributed by atoms with Gasteiger partial charge in [0, 0.05) is 18.7 Å². The number of pyridine rings is 1. The Balaban J connectivity index is 1.93. The summed E-state index contributed by atoms with van der Waals surface area (Å²) in [6.45, 7) is 0.841. The molecule has 1 saturated heterocycles. The minimum absolute atomic E-state index is 0.282. The lowest BCUT2D eigenvalue weighted by Gasteiger charge is -2.25. The lowest BCUT2D eigenvalue weighted by molar-refractivity contribution is -0.0497. The van der Waals surface area contributed by atoms with Crippen molar-refractivity contribution < 1.29 is 9.53 Å². The van der Waals surface area contributed by atoms with Gasteiger partial charge in [-0.15, -0.1) is 0 Å². The Morgan fingerprint density at radius 1 is 1.40 bits per heavy atom. The van der Waals surface area contributed by atoms with Gasteiger partial charge in [0.25, 0.3) is 0 Å². The molecular weight excluding hydrogens is 194 g/mol. The summed E-state index contributed by atoms with van der Waals surface area (Å²) in [7, 11) is 0. The number of hydrogen-bond acceptors (Lipinski definition) is 3. The number of ether oxygens (including phenoxy) is 1. The number of fused-ring (bicyclic) bond motifs is 1. The first-order chi connectivity index (χ1) is 7.31. The van der Waals surface area contributed by atoms with Crippen LogP contribution >= 0.6 is 0 Å². The van der Waals surface area contributed by atoms with Crippen molar-refractivity contribution in [2.24, 2.45) is 9.98 Å². The summed E-state index contributed by atoms with van der Waals surface area (Å²) in [5.41, 5.74) is 1.35. The number of carbonyl (C=O) groups is 1. The Morgan fingerprint density at radius 3 is 3.00 bits per heavy atom. The van der Waals surface area contributed by atoms with Gasteiger partial charge in [-0.25, -0.2) is 9.78 Å². The number of hydrogen-bond donors (Lipinski definition) is 0. The van der Waals surface area contributed by atoms with Crippen molar-refractivity contribution in [2.45, 2.75) is 18.9 Å². The van der Waals surface area contributed by atoms with E-state index in [1.165, 1.54) is 0 Å². The first kappa shape index (κ1) is 8.67. The second kappa shape index (κ2) is 3.20. The predicted molar refractivity (Wildman–Crippen MR) is 50.0 cm³/mol. The van der Waals surface area contributed by atoms with Crippen molar-refractivity contribution in [2.75, 3.05) is 6.61 Å². The summed E-state index contributed by atoms with van der Waals surface area (Å²) in [5, 5.41) is 0.568. The number of nitrogens with zero attached hydrogens (tertiary/aromatic N) is 3. The molecule has 15 heavy (non-hydrogen) atoms. The maximum Gasteiger partial charge on any atom is 0.369 e. The molecule has 1 unspecified atom stereocenters. The van der Waals surface area contributed by atoms with Gasteiger partial charge >= 0.3 is 6.03 Å². The van der Waals surface area contributed by atoms with Crippen LogP contribution < -0.4 is 10.8 Å². The van der Waals surface area contributed by atoms with Crippen LogP contribution in [0.1, 0.15) is 12.1 Å². The molecule has 3 rings (SSSR count). The molecule has 0 saturated carbocycles. The van der Waals surface area contributed by atoms with Crippen molar-refractivity contribution in [1.82, 2.24) is 4.98 Å². The maximum absolute atomic E-state index is 10.9. The van der Waals surface area contributed by atoms with E-state index in [0.717, 1.165) is 25.1 Å². The van der Waals surface area contributed by atoms with Crippen LogP contribution in [0.3, 0.4) is 0 Å². The molecule has 0 aromatic carbocycles. The van der Waals surface area contributed by atoms with Crippen LogP contribution in [-0.4, -0.2) is 23.7 Å². The van der Waals surface area contributed by atoms with Crippen molar-refractivity contribution >= 4 is 6.03 Å². The molecule has 5 nitrogen and oxygen atoms in total. The van der Waals surface area contributed by atoms with Crippen LogP contribution in [-0.2, 0) is 11.2 Å². The molecular formula is C10H9N3O2. The van der Waals surface area contributed by atoms with Gasteiger partial charge in [-0.1, -0.05) is 0 Å². The number of amides is 2. The first-order valence-electron chi connectivity index (χ1n) is 4.90. The lowest BCUT2D eigenvalue weighted by Crippen LogP contribution is -2.32. The van der Waals surface area contributed by atoms with Crippen molar-refractivity contribution in [3.63, 3.8) is 0 Å². The van der Waals surface area contributed by atoms with Crippen molar-refractivity contribution in [3.05, 3.63) is 28.7 Å². The van der Waals surface area contributed by atoms with Gasteiger partial charge in [-0.3, -0.25) is 0 Å². The Labute approximate surface area is 85.5 Å². The fourth-order valence-corrected chi connectivity index (χ4v) is 1.66. The largest absolute Gasteiger partial charge is 0.378 e. The molecule has 0 N–H and O–H groups in total. The van der Waals surface area contributed by atoms with Crippen molar-refractivity contribution in [3.8, 4) is 0 Å². The second-order valence-electron chi connectivity index (χ2n) is 3.64. The van der Waals surface area contributed by atoms with Gasteiger partial charge < -0.3 is 4.74 Å². The number of rotatable bonds is 2. The Kier molecular flexibility index (Phi) is 1.85. The zero-order valence-electron chi connectivity index (χ0n) is 8.01. The van der Waals surface area contributed by atoms with E-state index < -0.39 is 6.03 Å². The van der Waals surface area contributed by atoms with E-state index in [2.05, 4.69) is 15.0 Å². The topological polar surface area (TPSA) is 63.9 Å². The minimum Gasteiger partial charge on any atom is -0.378 e. The van der Waals surface area contributed by atoms with Crippen LogP contribution in [0, 0.1) is 0 Å². The van der Waals surface area contributed by atoms with E-state index in [1.54, 1.807) is 6.07 Å². The average Bonchev–Trinajstić information content (AvgIpc) is 2.50. The molecule has 76 valence electrons. The zero-order valence-corrected chi connectivity index (χ0v) is 8.01. The molecule has 1 fully saturated rings. The van der Waals surface area contributed by atoms with Gasteiger partial charge in [0.05, 0.1) is 6.10 Å². The highest BCUT2D eigenvalue weighted by molar-refractivity contribution is 5.77. The molecule has 5 heteroatoms. The normalized spacial score (nSPS) is 22.7. The first-order valence-corrected chi connectivity index (χ1v) is 4.90.